The van der Waals surface area contributed by atoms with Gasteiger partial charge in [0.05, 0.1) is 0 Å². The van der Waals surface area contributed by atoms with Crippen molar-refractivity contribution in [3.05, 3.63) is 34.9 Å². The summed E-state index contributed by atoms with van der Waals surface area (Å²) in [4.78, 5) is 21.5. The van der Waals surface area contributed by atoms with Crippen molar-refractivity contribution in [2.75, 3.05) is 0 Å². The van der Waals surface area contributed by atoms with Gasteiger partial charge >= 0.3 is 0 Å². The average Bonchev–Trinajstić information content (AvgIpc) is 2.16. The summed E-state index contributed by atoms with van der Waals surface area (Å²) < 4.78 is 24.4. The van der Waals surface area contributed by atoms with Crippen LogP contribution in [0.4, 0.5) is 8.78 Å². The summed E-state index contributed by atoms with van der Waals surface area (Å²) in [5.41, 5.74) is -0.0724. The van der Waals surface area contributed by atoms with Gasteiger partial charge in [0.2, 0.25) is 0 Å². The molecule has 0 aliphatic heterocycles. The van der Waals surface area contributed by atoms with Crippen molar-refractivity contribution in [2.24, 2.45) is 0 Å². The molecule has 14 heavy (non-hydrogen) atoms. The molecule has 1 rings (SSSR count). The number of carbonyl (C=O) groups is 2. The van der Waals surface area contributed by atoms with Gasteiger partial charge < -0.3 is 0 Å². The van der Waals surface area contributed by atoms with Gasteiger partial charge in [-0.1, -0.05) is 12.1 Å². The predicted molar refractivity (Wildman–Crippen MR) is 46.8 cm³/mol. The summed E-state index contributed by atoms with van der Waals surface area (Å²) in [5.74, 6) is -0.312. The molecule has 0 heterocycles. The monoisotopic (exact) mass is 198 g/mol. The summed E-state index contributed by atoms with van der Waals surface area (Å²) in [6.45, 7) is 1.28. The third-order valence-electron chi connectivity index (χ3n) is 1.83. The second-order valence-electron chi connectivity index (χ2n) is 2.82. The first-order chi connectivity index (χ1) is 6.56. The number of hydrogen-bond donors (Lipinski definition) is 0. The Morgan fingerprint density at radius 3 is 2.50 bits per heavy atom. The second-order valence-corrected chi connectivity index (χ2v) is 2.82. The van der Waals surface area contributed by atoms with E-state index >= 15 is 0 Å². The first-order valence-electron chi connectivity index (χ1n) is 3.94. The van der Waals surface area contributed by atoms with E-state index in [0.717, 1.165) is 12.1 Å². The standard InChI is InChI=1S/C10H8F2O2/c1-6(14)9-3-2-7(10(11)12)4-8(9)5-13/h2-5,10H,1H3. The van der Waals surface area contributed by atoms with Gasteiger partial charge in [0.25, 0.3) is 6.43 Å². The lowest BCUT2D eigenvalue weighted by Gasteiger charge is -2.03. The zero-order valence-corrected chi connectivity index (χ0v) is 7.46. The molecular formula is C10H8F2O2. The molecule has 0 saturated carbocycles. The molecule has 1 aromatic carbocycles. The van der Waals surface area contributed by atoms with E-state index in [4.69, 9.17) is 0 Å². The third kappa shape index (κ3) is 2.02. The van der Waals surface area contributed by atoms with Crippen molar-refractivity contribution in [1.82, 2.24) is 0 Å². The molecular weight excluding hydrogens is 190 g/mol. The van der Waals surface area contributed by atoms with E-state index < -0.39 is 6.43 Å². The number of rotatable bonds is 3. The highest BCUT2D eigenvalue weighted by Crippen LogP contribution is 2.21. The van der Waals surface area contributed by atoms with Crippen molar-refractivity contribution in [3.63, 3.8) is 0 Å². The van der Waals surface area contributed by atoms with Gasteiger partial charge in [-0.2, -0.15) is 0 Å². The van der Waals surface area contributed by atoms with Crippen LogP contribution in [0.25, 0.3) is 0 Å². The molecule has 0 fully saturated rings. The van der Waals surface area contributed by atoms with Crippen LogP contribution in [-0.4, -0.2) is 12.1 Å². The van der Waals surface area contributed by atoms with Crippen LogP contribution in [0.15, 0.2) is 18.2 Å². The number of alkyl halides is 2. The highest BCUT2D eigenvalue weighted by molar-refractivity contribution is 6.01. The molecule has 0 unspecified atom stereocenters. The summed E-state index contributed by atoms with van der Waals surface area (Å²) in [7, 11) is 0. The van der Waals surface area contributed by atoms with Gasteiger partial charge in [0.1, 0.15) is 0 Å². The molecule has 74 valence electrons. The zero-order valence-electron chi connectivity index (χ0n) is 7.46. The van der Waals surface area contributed by atoms with E-state index in [9.17, 15) is 18.4 Å². The van der Waals surface area contributed by atoms with Crippen LogP contribution >= 0.6 is 0 Å². The molecule has 0 saturated heterocycles. The number of hydrogen-bond acceptors (Lipinski definition) is 2. The van der Waals surface area contributed by atoms with Gasteiger partial charge in [-0.3, -0.25) is 9.59 Å². The summed E-state index contributed by atoms with van der Waals surface area (Å²) in [6.07, 6.45) is -2.22. The molecule has 0 N–H and O–H groups in total. The molecule has 4 heteroatoms. The third-order valence-corrected chi connectivity index (χ3v) is 1.83. The van der Waals surface area contributed by atoms with Crippen LogP contribution in [0.2, 0.25) is 0 Å². The molecule has 0 bridgehead atoms. The molecule has 0 radical (unpaired) electrons. The molecule has 1 aromatic rings. The Morgan fingerprint density at radius 1 is 1.43 bits per heavy atom. The van der Waals surface area contributed by atoms with Crippen LogP contribution in [0, 0.1) is 0 Å². The van der Waals surface area contributed by atoms with E-state index in [2.05, 4.69) is 0 Å². The van der Waals surface area contributed by atoms with E-state index in [0.29, 0.717) is 6.29 Å². The highest BCUT2D eigenvalue weighted by atomic mass is 19.3. The van der Waals surface area contributed by atoms with Crippen LogP contribution in [0.1, 0.15) is 39.6 Å². The Hall–Kier alpha value is -1.58. The number of carbonyl (C=O) groups excluding carboxylic acids is 2. The minimum Gasteiger partial charge on any atom is -0.298 e. The predicted octanol–water partition coefficient (Wildman–Crippen LogP) is 2.64. The van der Waals surface area contributed by atoms with Crippen molar-refractivity contribution in [1.29, 1.82) is 0 Å². The molecule has 0 atom stereocenters. The Bertz CT molecular complexity index is 372. The maximum Gasteiger partial charge on any atom is 0.263 e. The number of Topliss-reactive ketones (excluding diaryl/α,β-unsaturated/α-hetero) is 1. The first kappa shape index (κ1) is 10.5. The molecule has 2 nitrogen and oxygen atoms in total. The van der Waals surface area contributed by atoms with Gasteiger partial charge in [-0.15, -0.1) is 0 Å². The fraction of sp³-hybridized carbons (Fsp3) is 0.200. The van der Waals surface area contributed by atoms with Crippen LogP contribution in [-0.2, 0) is 0 Å². The van der Waals surface area contributed by atoms with E-state index in [1.165, 1.54) is 13.0 Å². The van der Waals surface area contributed by atoms with Crippen molar-refractivity contribution < 1.29 is 18.4 Å². The van der Waals surface area contributed by atoms with Crippen LogP contribution in [0.3, 0.4) is 0 Å². The first-order valence-corrected chi connectivity index (χ1v) is 3.94. The van der Waals surface area contributed by atoms with Crippen molar-refractivity contribution >= 4 is 12.1 Å². The number of halogens is 2. The molecule has 0 aromatic heterocycles. The highest BCUT2D eigenvalue weighted by Gasteiger charge is 2.12. The normalized spacial score (nSPS) is 10.3. The Kier molecular flexibility index (Phi) is 3.06. The van der Waals surface area contributed by atoms with Gasteiger partial charge in [-0.25, -0.2) is 8.78 Å². The topological polar surface area (TPSA) is 34.1 Å². The number of benzene rings is 1. The van der Waals surface area contributed by atoms with Crippen LogP contribution in [0.5, 0.6) is 0 Å². The maximum absolute atomic E-state index is 12.2. The van der Waals surface area contributed by atoms with Crippen molar-refractivity contribution in [2.45, 2.75) is 13.3 Å². The smallest absolute Gasteiger partial charge is 0.263 e. The fourth-order valence-corrected chi connectivity index (χ4v) is 1.14. The summed E-state index contributed by atoms with van der Waals surface area (Å²) in [6, 6.07) is 3.43. The van der Waals surface area contributed by atoms with E-state index in [1.54, 1.807) is 0 Å². The minimum absolute atomic E-state index is 0.00954. The quantitative estimate of drug-likeness (QED) is 0.552. The van der Waals surface area contributed by atoms with Crippen LogP contribution < -0.4 is 0 Å². The summed E-state index contributed by atoms with van der Waals surface area (Å²) in [5, 5.41) is 0. The zero-order chi connectivity index (χ0) is 10.7. The average molecular weight is 198 g/mol. The van der Waals surface area contributed by atoms with E-state index in [1.807, 2.05) is 0 Å². The lowest BCUT2D eigenvalue weighted by molar-refractivity contribution is 0.100. The largest absolute Gasteiger partial charge is 0.298 e. The van der Waals surface area contributed by atoms with Gasteiger partial charge in [0.15, 0.2) is 12.1 Å². The van der Waals surface area contributed by atoms with Gasteiger partial charge in [0, 0.05) is 16.7 Å². The van der Waals surface area contributed by atoms with E-state index in [-0.39, 0.29) is 22.5 Å². The van der Waals surface area contributed by atoms with Gasteiger partial charge in [-0.05, 0) is 13.0 Å². The number of ketones is 1. The van der Waals surface area contributed by atoms with Crippen molar-refractivity contribution in [3.8, 4) is 0 Å². The minimum atomic E-state index is -2.63. The molecule has 0 spiro atoms. The SMILES string of the molecule is CC(=O)c1ccc(C(F)F)cc1C=O. The Balaban J connectivity index is 3.25. The molecule has 0 amide bonds. The molecule has 0 aliphatic carbocycles. The summed E-state index contributed by atoms with van der Waals surface area (Å²) >= 11 is 0. The fourth-order valence-electron chi connectivity index (χ4n) is 1.14. The Labute approximate surface area is 79.5 Å². The number of aldehydes is 1. The second kappa shape index (κ2) is 4.09. The molecule has 0 aliphatic rings. The maximum atomic E-state index is 12.2. The Morgan fingerprint density at radius 2 is 2.07 bits per heavy atom. The lowest BCUT2D eigenvalue weighted by atomic mass is 10.0. The lowest BCUT2D eigenvalue weighted by Crippen LogP contribution is -2.00.